The molecule has 1 aliphatic rings. The molecule has 0 aliphatic carbocycles. The summed E-state index contributed by atoms with van der Waals surface area (Å²) in [5.74, 6) is 2.09. The van der Waals surface area contributed by atoms with E-state index in [9.17, 15) is 0 Å². The van der Waals surface area contributed by atoms with Crippen LogP contribution in [0.25, 0.3) is 0 Å². The highest BCUT2D eigenvalue weighted by molar-refractivity contribution is 4.89. The van der Waals surface area contributed by atoms with Gasteiger partial charge in [-0.2, -0.15) is 4.98 Å². The highest BCUT2D eigenvalue weighted by Gasteiger charge is 2.21. The van der Waals surface area contributed by atoms with Crippen molar-refractivity contribution in [1.29, 1.82) is 0 Å². The molecule has 0 amide bonds. The zero-order valence-corrected chi connectivity index (χ0v) is 10.0. The third-order valence-corrected chi connectivity index (χ3v) is 2.77. The second-order valence-electron chi connectivity index (χ2n) is 4.99. The summed E-state index contributed by atoms with van der Waals surface area (Å²) in [6.07, 6.45) is 1.94. The number of rotatable bonds is 4. The van der Waals surface area contributed by atoms with Crippen LogP contribution in [0, 0.1) is 5.92 Å². The summed E-state index contributed by atoms with van der Waals surface area (Å²) in [4.78, 5) is 6.64. The molecule has 2 N–H and O–H groups in total. The lowest BCUT2D eigenvalue weighted by atomic mass is 10.1. The van der Waals surface area contributed by atoms with Gasteiger partial charge < -0.3 is 10.3 Å². The molecule has 0 radical (unpaired) electrons. The minimum Gasteiger partial charge on any atom is -0.338 e. The zero-order valence-electron chi connectivity index (χ0n) is 10.0. The summed E-state index contributed by atoms with van der Waals surface area (Å²) in [5.41, 5.74) is 5.84. The molecule has 1 aliphatic heterocycles. The van der Waals surface area contributed by atoms with E-state index in [4.69, 9.17) is 10.3 Å². The summed E-state index contributed by atoms with van der Waals surface area (Å²) in [7, 11) is 0. The Hall–Kier alpha value is -0.940. The number of nitrogens with two attached hydrogens (primary N) is 1. The predicted octanol–water partition coefficient (Wildman–Crippen LogP) is 0.801. The van der Waals surface area contributed by atoms with Crippen molar-refractivity contribution in [2.75, 3.05) is 13.1 Å². The first kappa shape index (κ1) is 11.5. The standard InChI is InChI=1S/C11H20N4O/c1-8(2)5-10-13-11(16-14-10)7-15-4-3-9(12)6-15/h8-9H,3-7,12H2,1-2H3. The first-order valence-electron chi connectivity index (χ1n) is 5.93. The third kappa shape index (κ3) is 3.02. The maximum absolute atomic E-state index is 5.84. The van der Waals surface area contributed by atoms with Crippen molar-refractivity contribution in [1.82, 2.24) is 15.0 Å². The predicted molar refractivity (Wildman–Crippen MR) is 60.7 cm³/mol. The van der Waals surface area contributed by atoms with Crippen LogP contribution in [-0.2, 0) is 13.0 Å². The van der Waals surface area contributed by atoms with Crippen LogP contribution in [0.2, 0.25) is 0 Å². The van der Waals surface area contributed by atoms with Crippen molar-refractivity contribution < 1.29 is 4.52 Å². The molecule has 5 heteroatoms. The molecule has 0 saturated carbocycles. The minimum absolute atomic E-state index is 0.304. The second-order valence-corrected chi connectivity index (χ2v) is 4.99. The van der Waals surface area contributed by atoms with E-state index in [-0.39, 0.29) is 0 Å². The van der Waals surface area contributed by atoms with Gasteiger partial charge in [-0.1, -0.05) is 19.0 Å². The fraction of sp³-hybridized carbons (Fsp3) is 0.818. The van der Waals surface area contributed by atoms with Crippen molar-refractivity contribution in [3.05, 3.63) is 11.7 Å². The molecule has 1 fully saturated rings. The molecule has 1 aromatic heterocycles. The van der Waals surface area contributed by atoms with Crippen LogP contribution in [0.1, 0.15) is 32.0 Å². The van der Waals surface area contributed by atoms with Crippen LogP contribution >= 0.6 is 0 Å². The van der Waals surface area contributed by atoms with Crippen LogP contribution in [0.3, 0.4) is 0 Å². The molecule has 1 atom stereocenters. The van der Waals surface area contributed by atoms with Gasteiger partial charge in [0.1, 0.15) is 0 Å². The fourth-order valence-electron chi connectivity index (χ4n) is 2.00. The van der Waals surface area contributed by atoms with Gasteiger partial charge in [-0.15, -0.1) is 0 Å². The van der Waals surface area contributed by atoms with E-state index in [0.717, 1.165) is 38.3 Å². The van der Waals surface area contributed by atoms with Gasteiger partial charge in [-0.25, -0.2) is 0 Å². The van der Waals surface area contributed by atoms with Gasteiger partial charge in [0, 0.05) is 25.6 Å². The largest absolute Gasteiger partial charge is 0.338 e. The summed E-state index contributed by atoms with van der Waals surface area (Å²) in [6.45, 7) is 6.99. The molecular formula is C11H20N4O. The Morgan fingerprint density at radius 3 is 3.00 bits per heavy atom. The highest BCUT2D eigenvalue weighted by atomic mass is 16.5. The molecule has 16 heavy (non-hydrogen) atoms. The summed E-state index contributed by atoms with van der Waals surface area (Å²) in [6, 6.07) is 0.304. The SMILES string of the molecule is CC(C)Cc1noc(CN2CCC(N)C2)n1. The van der Waals surface area contributed by atoms with Gasteiger partial charge in [-0.05, 0) is 12.3 Å². The van der Waals surface area contributed by atoms with Crippen molar-refractivity contribution in [3.63, 3.8) is 0 Å². The van der Waals surface area contributed by atoms with E-state index in [1.54, 1.807) is 0 Å². The first-order valence-corrected chi connectivity index (χ1v) is 5.93. The smallest absolute Gasteiger partial charge is 0.240 e. The number of hydrogen-bond donors (Lipinski definition) is 1. The Morgan fingerprint density at radius 2 is 2.38 bits per heavy atom. The molecule has 0 bridgehead atoms. The average molecular weight is 224 g/mol. The molecule has 5 nitrogen and oxygen atoms in total. The lowest BCUT2D eigenvalue weighted by molar-refractivity contribution is 0.265. The van der Waals surface area contributed by atoms with Gasteiger partial charge in [0.15, 0.2) is 5.82 Å². The number of nitrogens with zero attached hydrogens (tertiary/aromatic N) is 3. The number of likely N-dealkylation sites (tertiary alicyclic amines) is 1. The minimum atomic E-state index is 0.304. The van der Waals surface area contributed by atoms with Gasteiger partial charge in [0.05, 0.1) is 6.54 Å². The monoisotopic (exact) mass is 224 g/mol. The molecule has 2 rings (SSSR count). The van der Waals surface area contributed by atoms with Gasteiger partial charge in [0.25, 0.3) is 0 Å². The van der Waals surface area contributed by atoms with Gasteiger partial charge >= 0.3 is 0 Å². The normalized spacial score (nSPS) is 22.1. The Bertz CT molecular complexity index is 336. The molecule has 2 heterocycles. The molecule has 90 valence electrons. The lowest BCUT2D eigenvalue weighted by Gasteiger charge is -2.10. The van der Waals surface area contributed by atoms with Crippen LogP contribution in [-0.4, -0.2) is 34.2 Å². The van der Waals surface area contributed by atoms with Crippen LogP contribution in [0.4, 0.5) is 0 Å². The van der Waals surface area contributed by atoms with Gasteiger partial charge in [0.2, 0.25) is 5.89 Å². The summed E-state index contributed by atoms with van der Waals surface area (Å²) < 4.78 is 5.22. The highest BCUT2D eigenvalue weighted by Crippen LogP contribution is 2.12. The molecule has 0 spiro atoms. The molecular weight excluding hydrogens is 204 g/mol. The van der Waals surface area contributed by atoms with E-state index < -0.39 is 0 Å². The Labute approximate surface area is 96.0 Å². The zero-order chi connectivity index (χ0) is 11.5. The topological polar surface area (TPSA) is 68.2 Å². The second kappa shape index (κ2) is 4.93. The number of hydrogen-bond acceptors (Lipinski definition) is 5. The van der Waals surface area contributed by atoms with Crippen LogP contribution in [0.5, 0.6) is 0 Å². The summed E-state index contributed by atoms with van der Waals surface area (Å²) in [5, 5.41) is 3.97. The van der Waals surface area contributed by atoms with E-state index >= 15 is 0 Å². The van der Waals surface area contributed by atoms with E-state index in [1.165, 1.54) is 0 Å². The molecule has 1 unspecified atom stereocenters. The van der Waals surface area contributed by atoms with Crippen molar-refractivity contribution in [3.8, 4) is 0 Å². The van der Waals surface area contributed by atoms with E-state index in [2.05, 4.69) is 28.9 Å². The van der Waals surface area contributed by atoms with Gasteiger partial charge in [-0.3, -0.25) is 4.90 Å². The first-order chi connectivity index (χ1) is 7.63. The lowest BCUT2D eigenvalue weighted by Crippen LogP contribution is -2.26. The Balaban J connectivity index is 1.87. The van der Waals surface area contributed by atoms with Crippen molar-refractivity contribution in [2.24, 2.45) is 11.7 Å². The maximum Gasteiger partial charge on any atom is 0.240 e. The molecule has 1 saturated heterocycles. The van der Waals surface area contributed by atoms with E-state index in [1.807, 2.05) is 0 Å². The van der Waals surface area contributed by atoms with E-state index in [0.29, 0.717) is 17.9 Å². The average Bonchev–Trinajstić information content (AvgIpc) is 2.76. The number of aromatic nitrogens is 2. The molecule has 0 aromatic carbocycles. The molecule has 1 aromatic rings. The quantitative estimate of drug-likeness (QED) is 0.819. The fourth-order valence-corrected chi connectivity index (χ4v) is 2.00. The summed E-state index contributed by atoms with van der Waals surface area (Å²) >= 11 is 0. The Kier molecular flexibility index (Phi) is 3.56. The third-order valence-electron chi connectivity index (χ3n) is 2.77. The Morgan fingerprint density at radius 1 is 1.56 bits per heavy atom. The maximum atomic E-state index is 5.84. The van der Waals surface area contributed by atoms with Crippen LogP contribution in [0.15, 0.2) is 4.52 Å². The van der Waals surface area contributed by atoms with Crippen LogP contribution < -0.4 is 5.73 Å². The van der Waals surface area contributed by atoms with Crippen molar-refractivity contribution >= 4 is 0 Å². The van der Waals surface area contributed by atoms with Crippen molar-refractivity contribution in [2.45, 2.75) is 39.3 Å².